The molecule has 4 rings (SSSR count). The fraction of sp³-hybridized carbons (Fsp3) is 0.417. The van der Waals surface area contributed by atoms with Crippen LogP contribution in [-0.2, 0) is 17.8 Å². The molecule has 1 atom stereocenters. The Hall–Kier alpha value is -2.82. The Morgan fingerprint density at radius 3 is 2.62 bits per heavy atom. The van der Waals surface area contributed by atoms with Crippen molar-refractivity contribution in [2.45, 2.75) is 52.1 Å². The van der Waals surface area contributed by atoms with E-state index in [1.165, 1.54) is 11.1 Å². The summed E-state index contributed by atoms with van der Waals surface area (Å²) in [5.41, 5.74) is 4.92. The highest BCUT2D eigenvalue weighted by Gasteiger charge is 2.30. The van der Waals surface area contributed by atoms with Gasteiger partial charge in [0.25, 0.3) is 5.91 Å². The van der Waals surface area contributed by atoms with Gasteiger partial charge < -0.3 is 15.5 Å². The molecule has 2 amide bonds. The molecule has 0 spiro atoms. The molecule has 0 unspecified atom stereocenters. The third-order valence-corrected chi connectivity index (χ3v) is 5.92. The number of hydrogen-bond donors (Lipinski definition) is 2. The van der Waals surface area contributed by atoms with Gasteiger partial charge in [-0.3, -0.25) is 9.59 Å². The van der Waals surface area contributed by atoms with Gasteiger partial charge in [0.2, 0.25) is 5.91 Å². The van der Waals surface area contributed by atoms with E-state index in [2.05, 4.69) is 46.7 Å². The van der Waals surface area contributed by atoms with Crippen LogP contribution in [-0.4, -0.2) is 24.4 Å². The maximum absolute atomic E-state index is 13.1. The molecule has 1 aliphatic carbocycles. The minimum Gasteiger partial charge on any atom is -0.366 e. The Balaban J connectivity index is 1.62. The molecule has 29 heavy (non-hydrogen) atoms. The average Bonchev–Trinajstić information content (AvgIpc) is 3.58. The highest BCUT2D eigenvalue weighted by atomic mass is 16.2. The fourth-order valence-electron chi connectivity index (χ4n) is 3.77. The van der Waals surface area contributed by atoms with E-state index in [1.807, 2.05) is 25.1 Å². The van der Waals surface area contributed by atoms with Gasteiger partial charge in [-0.2, -0.15) is 0 Å². The summed E-state index contributed by atoms with van der Waals surface area (Å²) in [5.74, 6) is 0.0966. The number of anilines is 2. The van der Waals surface area contributed by atoms with E-state index in [9.17, 15) is 9.59 Å². The Bertz CT molecular complexity index is 920. The van der Waals surface area contributed by atoms with Crippen LogP contribution in [0.15, 0.2) is 42.5 Å². The van der Waals surface area contributed by atoms with Gasteiger partial charge in [-0.05, 0) is 61.9 Å². The number of carbonyl (C=O) groups is 2. The maximum Gasteiger partial charge on any atom is 0.253 e. The zero-order valence-corrected chi connectivity index (χ0v) is 17.2. The largest absolute Gasteiger partial charge is 0.366 e. The second-order valence-corrected chi connectivity index (χ2v) is 8.22. The highest BCUT2D eigenvalue weighted by molar-refractivity contribution is 6.02. The van der Waals surface area contributed by atoms with Crippen molar-refractivity contribution in [1.29, 1.82) is 0 Å². The molecule has 0 bridgehead atoms. The van der Waals surface area contributed by atoms with Crippen molar-refractivity contribution in [3.05, 3.63) is 59.2 Å². The summed E-state index contributed by atoms with van der Waals surface area (Å²) in [6, 6.07) is 14.3. The van der Waals surface area contributed by atoms with Crippen molar-refractivity contribution in [3.63, 3.8) is 0 Å². The SMILES string of the molecule is CC[C@@H](C)NC(=O)c1cc(NC(=O)C2CC2)ccc1N1CCc2ccccc2C1. The van der Waals surface area contributed by atoms with Crippen molar-refractivity contribution < 1.29 is 9.59 Å². The second-order valence-electron chi connectivity index (χ2n) is 8.22. The van der Waals surface area contributed by atoms with Crippen molar-refractivity contribution in [1.82, 2.24) is 5.32 Å². The van der Waals surface area contributed by atoms with Crippen LogP contribution in [0.5, 0.6) is 0 Å². The molecular weight excluding hydrogens is 362 g/mol. The molecule has 1 fully saturated rings. The zero-order chi connectivity index (χ0) is 20.4. The lowest BCUT2D eigenvalue weighted by molar-refractivity contribution is -0.117. The molecule has 1 saturated carbocycles. The molecule has 1 heterocycles. The third kappa shape index (κ3) is 4.44. The van der Waals surface area contributed by atoms with Crippen LogP contribution in [0.4, 0.5) is 11.4 Å². The number of fused-ring (bicyclic) bond motifs is 1. The van der Waals surface area contributed by atoms with Crippen molar-refractivity contribution in [2.75, 3.05) is 16.8 Å². The predicted octanol–water partition coefficient (Wildman–Crippen LogP) is 4.13. The van der Waals surface area contributed by atoms with Crippen LogP contribution in [0.2, 0.25) is 0 Å². The summed E-state index contributed by atoms with van der Waals surface area (Å²) < 4.78 is 0. The average molecular weight is 392 g/mol. The number of amides is 2. The lowest BCUT2D eigenvalue weighted by Gasteiger charge is -2.32. The second kappa shape index (κ2) is 8.27. The fourth-order valence-corrected chi connectivity index (χ4v) is 3.77. The molecule has 0 radical (unpaired) electrons. The standard InChI is InChI=1S/C24H29N3O2/c1-3-16(2)25-24(29)21-14-20(26-23(28)18-8-9-18)10-11-22(21)27-13-12-17-6-4-5-7-19(17)15-27/h4-7,10-11,14,16,18H,3,8-9,12-13,15H2,1-2H3,(H,25,29)(H,26,28)/t16-/m1/s1. The van der Waals surface area contributed by atoms with Crippen molar-refractivity contribution in [2.24, 2.45) is 5.92 Å². The van der Waals surface area contributed by atoms with E-state index >= 15 is 0 Å². The number of rotatable bonds is 6. The summed E-state index contributed by atoms with van der Waals surface area (Å²) >= 11 is 0. The Morgan fingerprint density at radius 1 is 1.14 bits per heavy atom. The van der Waals surface area contributed by atoms with Crippen LogP contribution in [0.3, 0.4) is 0 Å². The zero-order valence-electron chi connectivity index (χ0n) is 17.2. The maximum atomic E-state index is 13.1. The monoisotopic (exact) mass is 391 g/mol. The van der Waals surface area contributed by atoms with Crippen LogP contribution in [0.25, 0.3) is 0 Å². The van der Waals surface area contributed by atoms with Crippen molar-refractivity contribution >= 4 is 23.2 Å². The molecule has 1 aliphatic heterocycles. The van der Waals surface area contributed by atoms with Crippen molar-refractivity contribution in [3.8, 4) is 0 Å². The van der Waals surface area contributed by atoms with E-state index in [0.717, 1.165) is 44.5 Å². The van der Waals surface area contributed by atoms with Gasteiger partial charge in [0.1, 0.15) is 0 Å². The molecular formula is C24H29N3O2. The summed E-state index contributed by atoms with van der Waals surface area (Å²) in [7, 11) is 0. The summed E-state index contributed by atoms with van der Waals surface area (Å²) in [4.78, 5) is 27.5. The van der Waals surface area contributed by atoms with Crippen LogP contribution in [0, 0.1) is 5.92 Å². The summed E-state index contributed by atoms with van der Waals surface area (Å²) in [6.07, 6.45) is 3.75. The molecule has 5 nitrogen and oxygen atoms in total. The first-order chi connectivity index (χ1) is 14.0. The van der Waals surface area contributed by atoms with Gasteiger partial charge in [0.15, 0.2) is 0 Å². The number of benzene rings is 2. The van der Waals surface area contributed by atoms with Crippen LogP contribution < -0.4 is 15.5 Å². The first-order valence-electron chi connectivity index (χ1n) is 10.6. The first kappa shape index (κ1) is 19.5. The van der Waals surface area contributed by atoms with Crippen LogP contribution in [0.1, 0.15) is 54.6 Å². The third-order valence-electron chi connectivity index (χ3n) is 5.92. The lowest BCUT2D eigenvalue weighted by Crippen LogP contribution is -2.35. The smallest absolute Gasteiger partial charge is 0.253 e. The van der Waals surface area contributed by atoms with E-state index in [1.54, 1.807) is 0 Å². The number of carbonyl (C=O) groups excluding carboxylic acids is 2. The molecule has 0 saturated heterocycles. The van der Waals surface area contributed by atoms with E-state index < -0.39 is 0 Å². The van der Waals surface area contributed by atoms with Gasteiger partial charge in [-0.25, -0.2) is 0 Å². The minimum absolute atomic E-state index is 0.0536. The Morgan fingerprint density at radius 2 is 1.90 bits per heavy atom. The van der Waals surface area contributed by atoms with Gasteiger partial charge >= 0.3 is 0 Å². The van der Waals surface area contributed by atoms with Gasteiger partial charge in [0.05, 0.1) is 5.56 Å². The molecule has 152 valence electrons. The summed E-state index contributed by atoms with van der Waals surface area (Å²) in [5, 5.41) is 6.06. The van der Waals surface area contributed by atoms with Gasteiger partial charge in [0, 0.05) is 36.4 Å². The first-order valence-corrected chi connectivity index (χ1v) is 10.6. The quantitative estimate of drug-likeness (QED) is 0.778. The molecule has 2 aromatic carbocycles. The van der Waals surface area contributed by atoms with E-state index in [0.29, 0.717) is 11.3 Å². The number of nitrogens with one attached hydrogen (secondary N) is 2. The molecule has 2 aliphatic rings. The van der Waals surface area contributed by atoms with Crippen LogP contribution >= 0.6 is 0 Å². The molecule has 2 aromatic rings. The predicted molar refractivity (Wildman–Crippen MR) is 116 cm³/mol. The molecule has 5 heteroatoms. The normalized spacial score (nSPS) is 16.7. The highest BCUT2D eigenvalue weighted by Crippen LogP contribution is 2.32. The van der Waals surface area contributed by atoms with E-state index in [4.69, 9.17) is 0 Å². The Kier molecular flexibility index (Phi) is 5.56. The number of hydrogen-bond acceptors (Lipinski definition) is 3. The molecule has 0 aromatic heterocycles. The van der Waals surface area contributed by atoms with Gasteiger partial charge in [-0.15, -0.1) is 0 Å². The van der Waals surface area contributed by atoms with E-state index in [-0.39, 0.29) is 23.8 Å². The number of nitrogens with zero attached hydrogens (tertiary/aromatic N) is 1. The molecule has 2 N–H and O–H groups in total. The lowest BCUT2D eigenvalue weighted by atomic mass is 9.98. The summed E-state index contributed by atoms with van der Waals surface area (Å²) in [6.45, 7) is 5.72. The Labute approximate surface area is 172 Å². The van der Waals surface area contributed by atoms with Gasteiger partial charge in [-0.1, -0.05) is 31.2 Å². The topological polar surface area (TPSA) is 61.4 Å². The minimum atomic E-state index is -0.0873.